The first-order valence-electron chi connectivity index (χ1n) is 7.51. The van der Waals surface area contributed by atoms with E-state index >= 15 is 0 Å². The monoisotopic (exact) mass is 286 g/mol. The van der Waals surface area contributed by atoms with Gasteiger partial charge in [0.15, 0.2) is 0 Å². The molecular formula is C18H23FN2. The molecule has 0 saturated carbocycles. The summed E-state index contributed by atoms with van der Waals surface area (Å²) >= 11 is 0. The van der Waals surface area contributed by atoms with E-state index in [1.807, 2.05) is 43.3 Å². The van der Waals surface area contributed by atoms with Gasteiger partial charge in [-0.05, 0) is 37.6 Å². The van der Waals surface area contributed by atoms with Gasteiger partial charge in [-0.15, -0.1) is 0 Å². The fourth-order valence-electron chi connectivity index (χ4n) is 2.52. The maximum absolute atomic E-state index is 14.2. The molecule has 0 heterocycles. The molecular weight excluding hydrogens is 263 g/mol. The number of hydrogen-bond donors (Lipinski definition) is 1. The molecule has 0 radical (unpaired) electrons. The first kappa shape index (κ1) is 15.5. The van der Waals surface area contributed by atoms with E-state index in [2.05, 4.69) is 11.8 Å². The van der Waals surface area contributed by atoms with Crippen LogP contribution in [-0.2, 0) is 0 Å². The third-order valence-electron chi connectivity index (χ3n) is 3.58. The van der Waals surface area contributed by atoms with Crippen LogP contribution in [0.15, 0.2) is 48.5 Å². The van der Waals surface area contributed by atoms with E-state index in [9.17, 15) is 4.39 Å². The summed E-state index contributed by atoms with van der Waals surface area (Å²) in [5.74, 6) is -0.236. The number of benzene rings is 2. The zero-order valence-electron chi connectivity index (χ0n) is 12.7. The smallest absolute Gasteiger partial charge is 0.130 e. The summed E-state index contributed by atoms with van der Waals surface area (Å²) in [5, 5.41) is 0. The first-order chi connectivity index (χ1) is 10.1. The summed E-state index contributed by atoms with van der Waals surface area (Å²) in [4.78, 5) is 2.16. The second-order valence-corrected chi connectivity index (χ2v) is 5.30. The number of para-hydroxylation sites is 1. The Hall–Kier alpha value is -1.87. The van der Waals surface area contributed by atoms with Gasteiger partial charge < -0.3 is 10.6 Å². The summed E-state index contributed by atoms with van der Waals surface area (Å²) in [7, 11) is 0. The van der Waals surface area contributed by atoms with E-state index < -0.39 is 0 Å². The summed E-state index contributed by atoms with van der Waals surface area (Å²) in [6.07, 6.45) is 2.13. The standard InChI is InChI=1S/C18H23FN2/c1-3-4-13-21(15-9-6-5-7-10-15)17-12-8-11-16(19)18(17)14(2)20/h5-12,14H,3-4,13,20H2,1-2H3/t14-/m1/s1. The summed E-state index contributed by atoms with van der Waals surface area (Å²) in [6.45, 7) is 4.83. The average molecular weight is 286 g/mol. The predicted molar refractivity (Wildman–Crippen MR) is 87.4 cm³/mol. The molecule has 0 aliphatic carbocycles. The largest absolute Gasteiger partial charge is 0.341 e. The minimum Gasteiger partial charge on any atom is -0.341 e. The second kappa shape index (κ2) is 7.23. The molecule has 0 aromatic heterocycles. The number of nitrogens with zero attached hydrogens (tertiary/aromatic N) is 1. The Morgan fingerprint density at radius 1 is 1.10 bits per heavy atom. The number of unbranched alkanes of at least 4 members (excludes halogenated alkanes) is 1. The van der Waals surface area contributed by atoms with E-state index in [1.54, 1.807) is 6.07 Å². The van der Waals surface area contributed by atoms with Crippen LogP contribution in [0, 0.1) is 5.82 Å². The Kier molecular flexibility index (Phi) is 5.34. The summed E-state index contributed by atoms with van der Waals surface area (Å²) < 4.78 is 14.2. The van der Waals surface area contributed by atoms with Gasteiger partial charge in [-0.25, -0.2) is 4.39 Å². The van der Waals surface area contributed by atoms with Crippen molar-refractivity contribution in [2.24, 2.45) is 5.73 Å². The third kappa shape index (κ3) is 3.61. The third-order valence-corrected chi connectivity index (χ3v) is 3.58. The lowest BCUT2D eigenvalue weighted by molar-refractivity contribution is 0.593. The van der Waals surface area contributed by atoms with E-state index in [-0.39, 0.29) is 11.9 Å². The zero-order chi connectivity index (χ0) is 15.2. The molecule has 2 nitrogen and oxygen atoms in total. The van der Waals surface area contributed by atoms with Crippen molar-refractivity contribution in [2.45, 2.75) is 32.7 Å². The SMILES string of the molecule is CCCCN(c1ccccc1)c1cccc(F)c1[C@@H](C)N. The maximum atomic E-state index is 14.2. The molecule has 0 saturated heterocycles. The van der Waals surface area contributed by atoms with Crippen molar-refractivity contribution in [1.82, 2.24) is 0 Å². The van der Waals surface area contributed by atoms with Crippen LogP contribution in [0.2, 0.25) is 0 Å². The van der Waals surface area contributed by atoms with E-state index in [0.29, 0.717) is 5.56 Å². The number of anilines is 2. The minimum atomic E-state index is -0.339. The van der Waals surface area contributed by atoms with E-state index in [1.165, 1.54) is 6.07 Å². The van der Waals surface area contributed by atoms with E-state index in [0.717, 1.165) is 30.8 Å². The Bertz CT molecular complexity index is 567. The molecule has 2 aromatic carbocycles. The molecule has 0 bridgehead atoms. The van der Waals surface area contributed by atoms with Crippen molar-refractivity contribution in [3.63, 3.8) is 0 Å². The van der Waals surface area contributed by atoms with Crippen LogP contribution in [0.5, 0.6) is 0 Å². The molecule has 1 atom stereocenters. The van der Waals surface area contributed by atoms with Gasteiger partial charge in [0.05, 0.1) is 0 Å². The van der Waals surface area contributed by atoms with Gasteiger partial charge in [0.1, 0.15) is 5.82 Å². The molecule has 2 aromatic rings. The van der Waals surface area contributed by atoms with Gasteiger partial charge in [-0.3, -0.25) is 0 Å². The van der Waals surface area contributed by atoms with Crippen LogP contribution in [-0.4, -0.2) is 6.54 Å². The topological polar surface area (TPSA) is 29.3 Å². The molecule has 112 valence electrons. The predicted octanol–water partition coefficient (Wildman–Crippen LogP) is 4.78. The van der Waals surface area contributed by atoms with Gasteiger partial charge in [0.25, 0.3) is 0 Å². The summed E-state index contributed by atoms with van der Waals surface area (Å²) in [6, 6.07) is 14.9. The number of halogens is 1. The Morgan fingerprint density at radius 2 is 1.81 bits per heavy atom. The minimum absolute atomic E-state index is 0.236. The van der Waals surface area contributed by atoms with Gasteiger partial charge >= 0.3 is 0 Å². The van der Waals surface area contributed by atoms with Crippen molar-refractivity contribution in [3.05, 3.63) is 59.9 Å². The Balaban J connectivity index is 2.49. The molecule has 2 rings (SSSR count). The molecule has 0 spiro atoms. The molecule has 0 amide bonds. The number of hydrogen-bond acceptors (Lipinski definition) is 2. The molecule has 21 heavy (non-hydrogen) atoms. The first-order valence-corrected chi connectivity index (χ1v) is 7.51. The van der Waals surface area contributed by atoms with Gasteiger partial charge in [-0.1, -0.05) is 37.6 Å². The van der Waals surface area contributed by atoms with Crippen LogP contribution in [0.1, 0.15) is 38.3 Å². The van der Waals surface area contributed by atoms with Crippen LogP contribution >= 0.6 is 0 Å². The normalized spacial score (nSPS) is 12.2. The quantitative estimate of drug-likeness (QED) is 0.827. The lowest BCUT2D eigenvalue weighted by atomic mass is 10.0. The molecule has 0 unspecified atom stereocenters. The van der Waals surface area contributed by atoms with Gasteiger partial charge in [0, 0.05) is 29.5 Å². The van der Waals surface area contributed by atoms with Crippen LogP contribution < -0.4 is 10.6 Å². The van der Waals surface area contributed by atoms with Crippen molar-refractivity contribution in [3.8, 4) is 0 Å². The average Bonchev–Trinajstić information content (AvgIpc) is 2.48. The highest BCUT2D eigenvalue weighted by Gasteiger charge is 2.18. The number of rotatable bonds is 6. The maximum Gasteiger partial charge on any atom is 0.130 e. The molecule has 0 aliphatic heterocycles. The Labute approximate surface area is 126 Å². The van der Waals surface area contributed by atoms with Gasteiger partial charge in [0.2, 0.25) is 0 Å². The van der Waals surface area contributed by atoms with Crippen LogP contribution in [0.4, 0.5) is 15.8 Å². The molecule has 3 heteroatoms. The highest BCUT2D eigenvalue weighted by molar-refractivity contribution is 5.67. The van der Waals surface area contributed by atoms with Crippen molar-refractivity contribution >= 4 is 11.4 Å². The van der Waals surface area contributed by atoms with Gasteiger partial charge in [-0.2, -0.15) is 0 Å². The van der Waals surface area contributed by atoms with Crippen molar-refractivity contribution < 1.29 is 4.39 Å². The molecule has 0 fully saturated rings. The van der Waals surface area contributed by atoms with E-state index in [4.69, 9.17) is 5.73 Å². The number of nitrogens with two attached hydrogens (primary N) is 1. The van der Waals surface area contributed by atoms with Crippen molar-refractivity contribution in [1.29, 1.82) is 0 Å². The lowest BCUT2D eigenvalue weighted by Gasteiger charge is -2.28. The van der Waals surface area contributed by atoms with Crippen molar-refractivity contribution in [2.75, 3.05) is 11.4 Å². The molecule has 2 N–H and O–H groups in total. The summed E-state index contributed by atoms with van der Waals surface area (Å²) in [5.41, 5.74) is 8.51. The van der Waals surface area contributed by atoms with Crippen LogP contribution in [0.3, 0.4) is 0 Å². The Morgan fingerprint density at radius 3 is 2.43 bits per heavy atom. The van der Waals surface area contributed by atoms with Crippen LogP contribution in [0.25, 0.3) is 0 Å². The highest BCUT2D eigenvalue weighted by Crippen LogP contribution is 2.33. The lowest BCUT2D eigenvalue weighted by Crippen LogP contribution is -2.22. The fraction of sp³-hybridized carbons (Fsp3) is 0.333. The second-order valence-electron chi connectivity index (χ2n) is 5.30. The zero-order valence-corrected chi connectivity index (χ0v) is 12.7. The highest BCUT2D eigenvalue weighted by atomic mass is 19.1. The fourth-order valence-corrected chi connectivity index (χ4v) is 2.52. The molecule has 0 aliphatic rings.